The van der Waals surface area contributed by atoms with E-state index in [1.165, 1.54) is 9.08 Å². The van der Waals surface area contributed by atoms with Gasteiger partial charge in [-0.1, -0.05) is 25.1 Å². The Balaban J connectivity index is 1.53. The summed E-state index contributed by atoms with van der Waals surface area (Å²) in [5.74, 6) is 0.645. The van der Waals surface area contributed by atoms with Gasteiger partial charge < -0.3 is 4.74 Å². The number of carbonyl (C=O) groups is 1. The molecule has 23 heavy (non-hydrogen) atoms. The zero-order chi connectivity index (χ0) is 16.2. The van der Waals surface area contributed by atoms with Crippen molar-refractivity contribution in [2.24, 2.45) is 11.8 Å². The largest absolute Gasteiger partial charge is 0.465 e. The van der Waals surface area contributed by atoms with Crippen LogP contribution in [-0.2, 0) is 16.1 Å². The fourth-order valence-corrected chi connectivity index (χ4v) is 2.82. The van der Waals surface area contributed by atoms with Gasteiger partial charge in [0.15, 0.2) is 5.65 Å². The normalized spacial score (nSPS) is 20.7. The number of carbonyl (C=O) groups excluding carboxylic acids is 1. The predicted molar refractivity (Wildman–Crippen MR) is 86.1 cm³/mol. The van der Waals surface area contributed by atoms with E-state index in [0.29, 0.717) is 24.1 Å². The molecular weight excluding hydrogens is 294 g/mol. The van der Waals surface area contributed by atoms with Crippen LogP contribution in [0.25, 0.3) is 5.65 Å². The van der Waals surface area contributed by atoms with Gasteiger partial charge in [0.25, 0.3) is 0 Å². The molecule has 0 amide bonds. The van der Waals surface area contributed by atoms with Crippen molar-refractivity contribution in [3.05, 3.63) is 47.0 Å². The molecule has 0 saturated heterocycles. The van der Waals surface area contributed by atoms with Gasteiger partial charge in [-0.2, -0.15) is 0 Å². The second-order valence-corrected chi connectivity index (χ2v) is 6.05. The molecule has 0 N–H and O–H groups in total. The number of ether oxygens (including phenoxy) is 1. The molecule has 2 aromatic rings. The molecule has 6 nitrogen and oxygen atoms in total. The minimum atomic E-state index is -0.282. The highest BCUT2D eigenvalue weighted by atomic mass is 16.5. The Morgan fingerprint density at radius 1 is 1.35 bits per heavy atom. The molecule has 0 fully saturated rings. The minimum absolute atomic E-state index is 0.154. The van der Waals surface area contributed by atoms with E-state index in [2.05, 4.69) is 24.2 Å². The van der Waals surface area contributed by atoms with E-state index < -0.39 is 0 Å². The molecule has 0 spiro atoms. The van der Waals surface area contributed by atoms with Gasteiger partial charge in [-0.25, -0.2) is 9.48 Å². The molecule has 0 aromatic carbocycles. The summed E-state index contributed by atoms with van der Waals surface area (Å²) in [7, 11) is 0. The van der Waals surface area contributed by atoms with Crippen LogP contribution >= 0.6 is 0 Å². The standard InChI is InChI=1S/C17H21N3O3/c1-13-6-2-3-7-14(13)12-23-16(21)9-11-20-17(22)19-10-5-4-8-15(19)18-20/h2-5,8,10,13-14H,6-7,9,11-12H2,1H3/t13-,14-/m1/s1. The first-order valence-corrected chi connectivity index (χ1v) is 8.00. The van der Waals surface area contributed by atoms with Crippen LogP contribution < -0.4 is 5.69 Å². The number of esters is 1. The Labute approximate surface area is 134 Å². The third-order valence-electron chi connectivity index (χ3n) is 4.39. The maximum Gasteiger partial charge on any atom is 0.350 e. The fraction of sp³-hybridized carbons (Fsp3) is 0.471. The SMILES string of the molecule is C[C@@H]1CC=CC[C@@H]1COC(=O)CCn1nc2ccccn2c1=O. The number of nitrogens with zero attached hydrogens (tertiary/aromatic N) is 3. The van der Waals surface area contributed by atoms with Gasteiger partial charge in [0.05, 0.1) is 19.6 Å². The van der Waals surface area contributed by atoms with E-state index in [-0.39, 0.29) is 24.6 Å². The van der Waals surface area contributed by atoms with Crippen LogP contribution in [0.5, 0.6) is 0 Å². The highest BCUT2D eigenvalue weighted by molar-refractivity contribution is 5.69. The van der Waals surface area contributed by atoms with E-state index in [4.69, 9.17) is 4.74 Å². The molecule has 0 radical (unpaired) electrons. The lowest BCUT2D eigenvalue weighted by atomic mass is 9.85. The maximum absolute atomic E-state index is 12.1. The third kappa shape index (κ3) is 3.52. The summed E-state index contributed by atoms with van der Waals surface area (Å²) in [6, 6.07) is 5.35. The lowest BCUT2D eigenvalue weighted by Crippen LogP contribution is -2.24. The van der Waals surface area contributed by atoms with Crippen molar-refractivity contribution in [2.75, 3.05) is 6.61 Å². The van der Waals surface area contributed by atoms with E-state index in [1.807, 2.05) is 6.07 Å². The molecule has 122 valence electrons. The first kappa shape index (κ1) is 15.5. The fourth-order valence-electron chi connectivity index (χ4n) is 2.82. The highest BCUT2D eigenvalue weighted by Gasteiger charge is 2.20. The molecule has 0 aliphatic heterocycles. The summed E-state index contributed by atoms with van der Waals surface area (Å²) >= 11 is 0. The lowest BCUT2D eigenvalue weighted by Gasteiger charge is -2.24. The third-order valence-corrected chi connectivity index (χ3v) is 4.39. The first-order chi connectivity index (χ1) is 11.1. The molecule has 2 heterocycles. The van der Waals surface area contributed by atoms with E-state index >= 15 is 0 Å². The average Bonchev–Trinajstić information content (AvgIpc) is 2.89. The Kier molecular flexibility index (Phi) is 4.60. The van der Waals surface area contributed by atoms with Gasteiger partial charge in [0.2, 0.25) is 0 Å². The number of hydrogen-bond acceptors (Lipinski definition) is 4. The number of pyridine rings is 1. The molecule has 1 aliphatic carbocycles. The zero-order valence-electron chi connectivity index (χ0n) is 13.2. The van der Waals surface area contributed by atoms with Crippen LogP contribution in [0.2, 0.25) is 0 Å². The molecule has 2 atom stereocenters. The van der Waals surface area contributed by atoms with Gasteiger partial charge in [-0.05, 0) is 36.8 Å². The number of rotatable bonds is 5. The van der Waals surface area contributed by atoms with Crippen LogP contribution in [0.3, 0.4) is 0 Å². The molecule has 2 aromatic heterocycles. The summed E-state index contributed by atoms with van der Waals surface area (Å²) in [6.07, 6.45) is 8.14. The molecule has 0 unspecified atom stereocenters. The smallest absolute Gasteiger partial charge is 0.350 e. The van der Waals surface area contributed by atoms with Crippen LogP contribution in [0.4, 0.5) is 0 Å². The Bertz CT molecular complexity index is 775. The second-order valence-electron chi connectivity index (χ2n) is 6.05. The number of aromatic nitrogens is 3. The molecule has 0 bridgehead atoms. The summed E-state index contributed by atoms with van der Waals surface area (Å²) in [4.78, 5) is 24.0. The monoisotopic (exact) mass is 315 g/mol. The van der Waals surface area contributed by atoms with Gasteiger partial charge in [-0.3, -0.25) is 9.20 Å². The summed E-state index contributed by atoms with van der Waals surface area (Å²) < 4.78 is 8.13. The zero-order valence-corrected chi connectivity index (χ0v) is 13.2. The Hall–Kier alpha value is -2.37. The van der Waals surface area contributed by atoms with E-state index in [1.54, 1.807) is 18.3 Å². The molecule has 3 rings (SSSR count). The summed E-state index contributed by atoms with van der Waals surface area (Å²) in [5.41, 5.74) is 0.341. The molecular formula is C17H21N3O3. The van der Waals surface area contributed by atoms with Crippen molar-refractivity contribution in [1.82, 2.24) is 14.2 Å². The number of hydrogen-bond donors (Lipinski definition) is 0. The van der Waals surface area contributed by atoms with Gasteiger partial charge >= 0.3 is 11.7 Å². The maximum atomic E-state index is 12.1. The average molecular weight is 315 g/mol. The quantitative estimate of drug-likeness (QED) is 0.625. The van der Waals surface area contributed by atoms with Crippen molar-refractivity contribution < 1.29 is 9.53 Å². The van der Waals surface area contributed by atoms with E-state index in [0.717, 1.165) is 12.8 Å². The first-order valence-electron chi connectivity index (χ1n) is 8.00. The van der Waals surface area contributed by atoms with Crippen LogP contribution in [0.1, 0.15) is 26.2 Å². The lowest BCUT2D eigenvalue weighted by molar-refractivity contribution is -0.145. The van der Waals surface area contributed by atoms with Crippen molar-refractivity contribution in [1.29, 1.82) is 0 Å². The second kappa shape index (κ2) is 6.81. The highest BCUT2D eigenvalue weighted by Crippen LogP contribution is 2.25. The summed E-state index contributed by atoms with van der Waals surface area (Å²) in [6.45, 7) is 2.86. The summed E-state index contributed by atoms with van der Waals surface area (Å²) in [5, 5.41) is 4.20. The molecule has 1 aliphatic rings. The van der Waals surface area contributed by atoms with Crippen LogP contribution in [0, 0.1) is 11.8 Å². The topological polar surface area (TPSA) is 65.6 Å². The van der Waals surface area contributed by atoms with E-state index in [9.17, 15) is 9.59 Å². The Morgan fingerprint density at radius 2 is 2.17 bits per heavy atom. The van der Waals surface area contributed by atoms with Gasteiger partial charge in [0.1, 0.15) is 0 Å². The predicted octanol–water partition coefficient (Wildman–Crippen LogP) is 2.03. The molecule has 0 saturated carbocycles. The minimum Gasteiger partial charge on any atom is -0.465 e. The van der Waals surface area contributed by atoms with Gasteiger partial charge in [-0.15, -0.1) is 5.10 Å². The van der Waals surface area contributed by atoms with Crippen molar-refractivity contribution in [3.63, 3.8) is 0 Å². The van der Waals surface area contributed by atoms with Crippen molar-refractivity contribution >= 4 is 11.6 Å². The molecule has 6 heteroatoms. The number of allylic oxidation sites excluding steroid dienone is 2. The van der Waals surface area contributed by atoms with Crippen molar-refractivity contribution in [3.8, 4) is 0 Å². The van der Waals surface area contributed by atoms with Crippen LogP contribution in [0.15, 0.2) is 41.3 Å². The number of aryl methyl sites for hydroxylation is 1. The van der Waals surface area contributed by atoms with Crippen molar-refractivity contribution in [2.45, 2.75) is 32.7 Å². The van der Waals surface area contributed by atoms with Gasteiger partial charge in [0, 0.05) is 6.20 Å². The number of fused-ring (bicyclic) bond motifs is 1. The Morgan fingerprint density at radius 3 is 2.96 bits per heavy atom. The van der Waals surface area contributed by atoms with Crippen LogP contribution in [-0.4, -0.2) is 26.8 Å².